The highest BCUT2D eigenvalue weighted by atomic mass is 79.9. The predicted octanol–water partition coefficient (Wildman–Crippen LogP) is 0.827. The third-order valence-electron chi connectivity index (χ3n) is 2.73. The summed E-state index contributed by atoms with van der Waals surface area (Å²) >= 11 is 3.24. The number of hydrogen-bond donors (Lipinski definition) is 1. The molecule has 2 heterocycles. The zero-order valence-electron chi connectivity index (χ0n) is 9.43. The van der Waals surface area contributed by atoms with E-state index in [4.69, 9.17) is 0 Å². The molecule has 1 saturated heterocycles. The molecule has 5 nitrogen and oxygen atoms in total. The van der Waals surface area contributed by atoms with E-state index in [9.17, 15) is 8.42 Å². The lowest BCUT2D eigenvalue weighted by Gasteiger charge is -2.32. The van der Waals surface area contributed by atoms with Crippen LogP contribution in [0.25, 0.3) is 0 Å². The summed E-state index contributed by atoms with van der Waals surface area (Å²) < 4.78 is 27.0. The average molecular weight is 320 g/mol. The van der Waals surface area contributed by atoms with Gasteiger partial charge in [-0.25, -0.2) is 8.42 Å². The van der Waals surface area contributed by atoms with Gasteiger partial charge in [0, 0.05) is 42.5 Å². The largest absolute Gasteiger partial charge is 0.314 e. The Hall–Kier alpha value is -0.500. The number of nitrogens with zero attached hydrogens (tertiary/aromatic N) is 2. The number of piperazine rings is 1. The van der Waals surface area contributed by atoms with Crippen molar-refractivity contribution in [1.29, 1.82) is 0 Å². The molecule has 1 aliphatic rings. The average Bonchev–Trinajstić information content (AvgIpc) is 2.29. The molecule has 17 heavy (non-hydrogen) atoms. The Balaban J connectivity index is 2.35. The maximum absolute atomic E-state index is 12.4. The quantitative estimate of drug-likeness (QED) is 0.877. The van der Waals surface area contributed by atoms with Gasteiger partial charge in [-0.2, -0.15) is 4.31 Å². The molecule has 94 valence electrons. The molecular formula is C10H14BrN3O2S. The van der Waals surface area contributed by atoms with Gasteiger partial charge in [0.05, 0.1) is 0 Å². The lowest BCUT2D eigenvalue weighted by Crippen LogP contribution is -2.52. The smallest absolute Gasteiger partial charge is 0.244 e. The minimum Gasteiger partial charge on any atom is -0.314 e. The Morgan fingerprint density at radius 3 is 2.94 bits per heavy atom. The highest BCUT2D eigenvalue weighted by Crippen LogP contribution is 2.21. The third kappa shape index (κ3) is 2.67. The first-order valence-corrected chi connectivity index (χ1v) is 7.58. The second-order valence-electron chi connectivity index (χ2n) is 4.01. The van der Waals surface area contributed by atoms with Crippen LogP contribution in [-0.4, -0.2) is 43.4 Å². The fourth-order valence-corrected chi connectivity index (χ4v) is 3.99. The highest BCUT2D eigenvalue weighted by Gasteiger charge is 2.31. The monoisotopic (exact) mass is 319 g/mol. The number of rotatable bonds is 2. The van der Waals surface area contributed by atoms with E-state index in [1.165, 1.54) is 10.5 Å². The summed E-state index contributed by atoms with van der Waals surface area (Å²) in [6.07, 6.45) is 2.95. The van der Waals surface area contributed by atoms with Crippen molar-refractivity contribution in [2.24, 2.45) is 0 Å². The fraction of sp³-hybridized carbons (Fsp3) is 0.500. The second kappa shape index (κ2) is 5.01. The van der Waals surface area contributed by atoms with Crippen LogP contribution in [0.15, 0.2) is 27.8 Å². The van der Waals surface area contributed by atoms with Crippen LogP contribution in [0.4, 0.5) is 0 Å². The van der Waals surface area contributed by atoms with Crippen LogP contribution < -0.4 is 5.32 Å². The van der Waals surface area contributed by atoms with Crippen LogP contribution in [0.5, 0.6) is 0 Å². The van der Waals surface area contributed by atoms with Crippen LogP contribution >= 0.6 is 15.9 Å². The van der Waals surface area contributed by atoms with Crippen LogP contribution in [0.2, 0.25) is 0 Å². The Labute approximate surface area is 109 Å². The van der Waals surface area contributed by atoms with E-state index in [-0.39, 0.29) is 10.9 Å². The standard InChI is InChI=1S/C10H14BrN3O2S/c1-8-5-12-2-3-14(8)17(15,16)10-4-9(11)6-13-7-10/h4,6-8,12H,2-3,5H2,1H3/t8-/m0/s1. The number of sulfonamides is 1. The number of halogens is 1. The van der Waals surface area contributed by atoms with E-state index < -0.39 is 10.0 Å². The van der Waals surface area contributed by atoms with E-state index in [2.05, 4.69) is 26.2 Å². The van der Waals surface area contributed by atoms with E-state index in [1.807, 2.05) is 6.92 Å². The molecule has 0 saturated carbocycles. The molecule has 1 aromatic rings. The van der Waals surface area contributed by atoms with Gasteiger partial charge in [0.2, 0.25) is 10.0 Å². The summed E-state index contributed by atoms with van der Waals surface area (Å²) in [5, 5.41) is 3.17. The van der Waals surface area contributed by atoms with Crippen LogP contribution in [0.3, 0.4) is 0 Å². The lowest BCUT2D eigenvalue weighted by molar-refractivity contribution is 0.284. The van der Waals surface area contributed by atoms with Gasteiger partial charge in [-0.05, 0) is 28.9 Å². The lowest BCUT2D eigenvalue weighted by atomic mass is 10.3. The normalized spacial score (nSPS) is 22.6. The summed E-state index contributed by atoms with van der Waals surface area (Å²) in [6, 6.07) is 1.55. The Morgan fingerprint density at radius 1 is 1.53 bits per heavy atom. The molecule has 0 amide bonds. The fourth-order valence-electron chi connectivity index (χ4n) is 1.85. The first kappa shape index (κ1) is 12.9. The van der Waals surface area contributed by atoms with Crippen molar-refractivity contribution in [2.75, 3.05) is 19.6 Å². The van der Waals surface area contributed by atoms with Gasteiger partial charge in [-0.15, -0.1) is 0 Å². The minimum atomic E-state index is -3.43. The first-order chi connectivity index (χ1) is 8.01. The van der Waals surface area contributed by atoms with Gasteiger partial charge < -0.3 is 5.32 Å². The van der Waals surface area contributed by atoms with Gasteiger partial charge in [0.15, 0.2) is 0 Å². The first-order valence-electron chi connectivity index (χ1n) is 5.35. The SMILES string of the molecule is C[C@H]1CNCCN1S(=O)(=O)c1cncc(Br)c1. The molecule has 1 fully saturated rings. The van der Waals surface area contributed by atoms with E-state index in [1.54, 1.807) is 12.3 Å². The van der Waals surface area contributed by atoms with Crippen molar-refractivity contribution in [3.05, 3.63) is 22.9 Å². The van der Waals surface area contributed by atoms with Gasteiger partial charge in [0.1, 0.15) is 4.90 Å². The molecule has 0 unspecified atom stereocenters. The summed E-state index contributed by atoms with van der Waals surface area (Å²) in [5.74, 6) is 0. The van der Waals surface area contributed by atoms with Crippen LogP contribution in [-0.2, 0) is 10.0 Å². The zero-order valence-corrected chi connectivity index (χ0v) is 11.8. The molecule has 1 aromatic heterocycles. The van der Waals surface area contributed by atoms with Gasteiger partial charge in [0.25, 0.3) is 0 Å². The van der Waals surface area contributed by atoms with Gasteiger partial charge in [-0.1, -0.05) is 0 Å². The Morgan fingerprint density at radius 2 is 2.29 bits per heavy atom. The third-order valence-corrected chi connectivity index (χ3v) is 5.14. The van der Waals surface area contributed by atoms with E-state index >= 15 is 0 Å². The molecule has 1 atom stereocenters. The number of pyridine rings is 1. The van der Waals surface area contributed by atoms with Crippen molar-refractivity contribution < 1.29 is 8.42 Å². The van der Waals surface area contributed by atoms with Crippen LogP contribution in [0, 0.1) is 0 Å². The van der Waals surface area contributed by atoms with E-state index in [0.29, 0.717) is 24.1 Å². The van der Waals surface area contributed by atoms with Crippen LogP contribution in [0.1, 0.15) is 6.92 Å². The molecule has 0 spiro atoms. The number of hydrogen-bond acceptors (Lipinski definition) is 4. The summed E-state index contributed by atoms with van der Waals surface area (Å²) in [7, 11) is -3.43. The summed E-state index contributed by atoms with van der Waals surface area (Å²) in [5.41, 5.74) is 0. The van der Waals surface area contributed by atoms with Crippen molar-refractivity contribution >= 4 is 26.0 Å². The molecule has 0 aliphatic carbocycles. The Kier molecular flexibility index (Phi) is 3.82. The molecule has 1 aliphatic heterocycles. The second-order valence-corrected chi connectivity index (χ2v) is 6.81. The maximum atomic E-state index is 12.4. The molecule has 7 heteroatoms. The molecule has 2 rings (SSSR count). The maximum Gasteiger partial charge on any atom is 0.244 e. The van der Waals surface area contributed by atoms with Gasteiger partial charge in [-0.3, -0.25) is 4.98 Å². The van der Waals surface area contributed by atoms with Crippen molar-refractivity contribution in [3.63, 3.8) is 0 Å². The van der Waals surface area contributed by atoms with Crippen molar-refractivity contribution in [1.82, 2.24) is 14.6 Å². The summed E-state index contributed by atoms with van der Waals surface area (Å²) in [6.45, 7) is 3.76. The zero-order chi connectivity index (χ0) is 12.5. The molecule has 1 N–H and O–H groups in total. The van der Waals surface area contributed by atoms with Gasteiger partial charge >= 0.3 is 0 Å². The topological polar surface area (TPSA) is 62.3 Å². The molecule has 0 bridgehead atoms. The summed E-state index contributed by atoms with van der Waals surface area (Å²) in [4.78, 5) is 4.14. The minimum absolute atomic E-state index is 0.0345. The highest BCUT2D eigenvalue weighted by molar-refractivity contribution is 9.10. The molecule has 0 aromatic carbocycles. The van der Waals surface area contributed by atoms with E-state index in [0.717, 1.165) is 0 Å². The predicted molar refractivity (Wildman–Crippen MR) is 68.2 cm³/mol. The van der Waals surface area contributed by atoms with Crippen molar-refractivity contribution in [3.8, 4) is 0 Å². The number of aromatic nitrogens is 1. The Bertz CT molecular complexity index is 506. The van der Waals surface area contributed by atoms with Crippen molar-refractivity contribution in [2.45, 2.75) is 17.9 Å². The molecular weight excluding hydrogens is 306 g/mol. The number of nitrogens with one attached hydrogen (secondary N) is 1. The molecule has 0 radical (unpaired) electrons.